The number of hydrogen-bond acceptors (Lipinski definition) is 2. The summed E-state index contributed by atoms with van der Waals surface area (Å²) >= 11 is 0. The summed E-state index contributed by atoms with van der Waals surface area (Å²) in [5, 5.41) is 3.15. The Morgan fingerprint density at radius 3 is 2.06 bits per heavy atom. The van der Waals surface area contributed by atoms with Gasteiger partial charge >= 0.3 is 0 Å². The number of nitrogens with one attached hydrogen (secondary N) is 1. The highest BCUT2D eigenvalue weighted by molar-refractivity contribution is 5.44. The lowest BCUT2D eigenvalue weighted by Gasteiger charge is -2.26. The maximum Gasteiger partial charge on any atom is 0.0344 e. The van der Waals surface area contributed by atoms with Gasteiger partial charge in [0.1, 0.15) is 0 Å². The zero-order valence-electron chi connectivity index (χ0n) is 11.1. The summed E-state index contributed by atoms with van der Waals surface area (Å²) in [6.07, 6.45) is 1.20. The average Bonchev–Trinajstić information content (AvgIpc) is 2.25. The molecular weight excluding hydrogens is 196 g/mol. The third-order valence-electron chi connectivity index (χ3n) is 2.90. The normalized spacial score (nSPS) is 13.2. The van der Waals surface area contributed by atoms with E-state index in [1.165, 1.54) is 17.7 Å². The number of benzene rings is 1. The minimum absolute atomic E-state index is 0.519. The monoisotopic (exact) mass is 220 g/mol. The van der Waals surface area contributed by atoms with E-state index in [0.29, 0.717) is 6.04 Å². The average molecular weight is 220 g/mol. The van der Waals surface area contributed by atoms with Crippen molar-refractivity contribution in [3.05, 3.63) is 29.8 Å². The molecule has 0 spiro atoms. The van der Waals surface area contributed by atoms with Crippen molar-refractivity contribution >= 4 is 5.69 Å². The Balaban J connectivity index is 2.84. The first kappa shape index (κ1) is 13.0. The van der Waals surface area contributed by atoms with Gasteiger partial charge in [-0.2, -0.15) is 0 Å². The van der Waals surface area contributed by atoms with Crippen molar-refractivity contribution in [1.29, 1.82) is 0 Å². The summed E-state index contributed by atoms with van der Waals surface area (Å²) in [5.41, 5.74) is 2.57. The van der Waals surface area contributed by atoms with Crippen LogP contribution >= 0.6 is 0 Å². The molecule has 0 heterocycles. The molecule has 0 fully saturated rings. The second-order valence-corrected chi connectivity index (χ2v) is 4.98. The van der Waals surface area contributed by atoms with E-state index in [-0.39, 0.29) is 0 Å². The smallest absolute Gasteiger partial charge is 0.0344 e. The number of rotatable bonds is 5. The Kier molecular flexibility index (Phi) is 4.81. The topological polar surface area (TPSA) is 15.3 Å². The summed E-state index contributed by atoms with van der Waals surface area (Å²) in [6.45, 7) is 4.55. The van der Waals surface area contributed by atoms with Gasteiger partial charge in [0.2, 0.25) is 0 Å². The van der Waals surface area contributed by atoms with Crippen molar-refractivity contribution in [2.24, 2.45) is 5.92 Å². The molecule has 0 saturated carbocycles. The van der Waals surface area contributed by atoms with Gasteiger partial charge in [-0.15, -0.1) is 0 Å². The molecule has 1 unspecified atom stereocenters. The van der Waals surface area contributed by atoms with Gasteiger partial charge in [0.05, 0.1) is 0 Å². The molecule has 0 amide bonds. The lowest BCUT2D eigenvalue weighted by atomic mass is 9.96. The predicted octanol–water partition coefficient (Wildman–Crippen LogP) is 3.38. The van der Waals surface area contributed by atoms with Gasteiger partial charge in [-0.3, -0.25) is 0 Å². The molecule has 0 aliphatic rings. The fourth-order valence-electron chi connectivity index (χ4n) is 1.96. The molecule has 90 valence electrons. The Morgan fingerprint density at radius 1 is 1.12 bits per heavy atom. The lowest BCUT2D eigenvalue weighted by Crippen LogP contribution is -2.21. The molecule has 0 aliphatic heterocycles. The van der Waals surface area contributed by atoms with E-state index >= 15 is 0 Å². The summed E-state index contributed by atoms with van der Waals surface area (Å²) in [5.74, 6) is 0.719. The fraction of sp³-hybridized carbons (Fsp3) is 0.571. The zero-order chi connectivity index (χ0) is 12.1. The van der Waals surface area contributed by atoms with E-state index in [9.17, 15) is 0 Å². The second-order valence-electron chi connectivity index (χ2n) is 4.98. The van der Waals surface area contributed by atoms with E-state index in [2.05, 4.69) is 62.4 Å². The van der Waals surface area contributed by atoms with Crippen LogP contribution in [0, 0.1) is 5.92 Å². The highest BCUT2D eigenvalue weighted by Gasteiger charge is 2.15. The molecule has 1 atom stereocenters. The second kappa shape index (κ2) is 5.90. The van der Waals surface area contributed by atoms with Gasteiger partial charge in [-0.25, -0.2) is 0 Å². The standard InChI is InChI=1S/C14H24N2/c1-11(2)10-14(16(4)5)12-6-8-13(15-3)9-7-12/h6-9,11,14-15H,10H2,1-5H3. The van der Waals surface area contributed by atoms with Crippen LogP contribution in [0.5, 0.6) is 0 Å². The predicted molar refractivity (Wildman–Crippen MR) is 71.9 cm³/mol. The van der Waals surface area contributed by atoms with Crippen LogP contribution < -0.4 is 5.32 Å². The van der Waals surface area contributed by atoms with Gasteiger partial charge in [0.25, 0.3) is 0 Å². The van der Waals surface area contributed by atoms with Gasteiger partial charge in [-0.1, -0.05) is 26.0 Å². The first-order valence-electron chi connectivity index (χ1n) is 5.98. The van der Waals surface area contributed by atoms with Crippen LogP contribution in [0.25, 0.3) is 0 Å². The Bertz CT molecular complexity index is 301. The van der Waals surface area contributed by atoms with Gasteiger partial charge in [-0.05, 0) is 44.1 Å². The molecular formula is C14H24N2. The lowest BCUT2D eigenvalue weighted by molar-refractivity contribution is 0.259. The molecule has 1 N–H and O–H groups in total. The summed E-state index contributed by atoms with van der Waals surface area (Å²) in [7, 11) is 6.25. The van der Waals surface area contributed by atoms with E-state index in [1.807, 2.05) is 7.05 Å². The zero-order valence-corrected chi connectivity index (χ0v) is 11.1. The van der Waals surface area contributed by atoms with E-state index in [4.69, 9.17) is 0 Å². The Labute approximate surface area is 99.7 Å². The summed E-state index contributed by atoms with van der Waals surface area (Å²) < 4.78 is 0. The van der Waals surface area contributed by atoms with Crippen LogP contribution in [0.2, 0.25) is 0 Å². The van der Waals surface area contributed by atoms with E-state index in [1.54, 1.807) is 0 Å². The minimum Gasteiger partial charge on any atom is -0.388 e. The highest BCUT2D eigenvalue weighted by atomic mass is 15.1. The van der Waals surface area contributed by atoms with E-state index in [0.717, 1.165) is 5.92 Å². The van der Waals surface area contributed by atoms with Crippen LogP contribution in [0.4, 0.5) is 5.69 Å². The molecule has 2 nitrogen and oxygen atoms in total. The van der Waals surface area contributed by atoms with E-state index < -0.39 is 0 Å². The van der Waals surface area contributed by atoms with Crippen molar-refractivity contribution < 1.29 is 0 Å². The first-order valence-corrected chi connectivity index (χ1v) is 5.98. The summed E-state index contributed by atoms with van der Waals surface area (Å²) in [6, 6.07) is 9.25. The van der Waals surface area contributed by atoms with Gasteiger partial charge in [0.15, 0.2) is 0 Å². The molecule has 1 aromatic carbocycles. The van der Waals surface area contributed by atoms with Crippen LogP contribution in [0.1, 0.15) is 31.9 Å². The van der Waals surface area contributed by atoms with Crippen LogP contribution in [-0.2, 0) is 0 Å². The molecule has 1 aromatic rings. The molecule has 0 aromatic heterocycles. The molecule has 0 radical (unpaired) electrons. The van der Waals surface area contributed by atoms with Crippen LogP contribution in [0.3, 0.4) is 0 Å². The van der Waals surface area contributed by atoms with Crippen LogP contribution in [-0.4, -0.2) is 26.0 Å². The number of hydrogen-bond donors (Lipinski definition) is 1. The Hall–Kier alpha value is -1.02. The van der Waals surface area contributed by atoms with Crippen LogP contribution in [0.15, 0.2) is 24.3 Å². The van der Waals surface area contributed by atoms with Gasteiger partial charge < -0.3 is 10.2 Å². The van der Waals surface area contributed by atoms with Crippen molar-refractivity contribution in [1.82, 2.24) is 4.90 Å². The maximum absolute atomic E-state index is 3.15. The van der Waals surface area contributed by atoms with Crippen molar-refractivity contribution in [3.8, 4) is 0 Å². The first-order chi connectivity index (χ1) is 7.54. The largest absolute Gasteiger partial charge is 0.388 e. The number of anilines is 1. The molecule has 0 aliphatic carbocycles. The SMILES string of the molecule is CNc1ccc(C(CC(C)C)N(C)C)cc1. The molecule has 1 rings (SSSR count). The fourth-order valence-corrected chi connectivity index (χ4v) is 1.96. The molecule has 2 heteroatoms. The molecule has 0 saturated heterocycles. The quantitative estimate of drug-likeness (QED) is 0.818. The molecule has 16 heavy (non-hydrogen) atoms. The highest BCUT2D eigenvalue weighted by Crippen LogP contribution is 2.26. The summed E-state index contributed by atoms with van der Waals surface area (Å²) in [4.78, 5) is 2.30. The minimum atomic E-state index is 0.519. The van der Waals surface area contributed by atoms with Crippen molar-refractivity contribution in [3.63, 3.8) is 0 Å². The van der Waals surface area contributed by atoms with Crippen molar-refractivity contribution in [2.45, 2.75) is 26.3 Å². The maximum atomic E-state index is 3.15. The van der Waals surface area contributed by atoms with Crippen molar-refractivity contribution in [2.75, 3.05) is 26.5 Å². The third kappa shape index (κ3) is 3.53. The third-order valence-corrected chi connectivity index (χ3v) is 2.90. The Morgan fingerprint density at radius 2 is 1.69 bits per heavy atom. The van der Waals surface area contributed by atoms with Gasteiger partial charge in [0, 0.05) is 18.8 Å². The molecule has 0 bridgehead atoms. The number of nitrogens with zero attached hydrogens (tertiary/aromatic N) is 1.